The van der Waals surface area contributed by atoms with Crippen LogP contribution in [0.25, 0.3) is 0 Å². The fraction of sp³-hybridized carbons (Fsp3) is 1.00. The maximum Gasteiger partial charge on any atom is -0.00209 e. The molecule has 1 atom stereocenters. The number of hydrogen-bond donors (Lipinski definition) is 1. The molecule has 0 aromatic rings. The highest BCUT2D eigenvalue weighted by molar-refractivity contribution is 4.72. The zero-order valence-corrected chi connectivity index (χ0v) is 12.0. The predicted molar refractivity (Wildman–Crippen MR) is 74.9 cm³/mol. The van der Waals surface area contributed by atoms with Crippen molar-refractivity contribution in [3.8, 4) is 0 Å². The molecule has 0 aromatic heterocycles. The smallest absolute Gasteiger partial charge is 0.00209 e. The van der Waals surface area contributed by atoms with E-state index in [2.05, 4.69) is 33.1 Å². The van der Waals surface area contributed by atoms with Crippen molar-refractivity contribution in [1.29, 1.82) is 0 Å². The van der Waals surface area contributed by atoms with Crippen molar-refractivity contribution in [2.24, 2.45) is 11.8 Å². The van der Waals surface area contributed by atoms with Crippen LogP contribution in [0.5, 0.6) is 0 Å². The maximum absolute atomic E-state index is 3.39. The van der Waals surface area contributed by atoms with E-state index in [0.717, 1.165) is 11.8 Å². The minimum Gasteiger partial charge on any atom is -0.319 e. The molecule has 0 fully saturated rings. The van der Waals surface area contributed by atoms with Gasteiger partial charge in [-0.1, -0.05) is 65.7 Å². The van der Waals surface area contributed by atoms with Gasteiger partial charge >= 0.3 is 0 Å². The summed E-state index contributed by atoms with van der Waals surface area (Å²) in [6.45, 7) is 8.15. The van der Waals surface area contributed by atoms with Crippen LogP contribution in [-0.2, 0) is 0 Å². The van der Waals surface area contributed by atoms with Crippen molar-refractivity contribution in [3.63, 3.8) is 0 Å². The molecular weight excluding hydrogens is 194 g/mol. The van der Waals surface area contributed by atoms with Gasteiger partial charge in [-0.05, 0) is 31.8 Å². The predicted octanol–water partition coefficient (Wildman–Crippen LogP) is 4.62. The molecule has 0 amide bonds. The second kappa shape index (κ2) is 11.4. The van der Waals surface area contributed by atoms with Crippen LogP contribution in [0.1, 0.15) is 72.1 Å². The van der Waals surface area contributed by atoms with Gasteiger partial charge in [0.15, 0.2) is 0 Å². The van der Waals surface area contributed by atoms with Gasteiger partial charge in [0.1, 0.15) is 0 Å². The summed E-state index contributed by atoms with van der Waals surface area (Å²) in [4.78, 5) is 0. The van der Waals surface area contributed by atoms with E-state index in [1.807, 2.05) is 0 Å². The molecule has 0 radical (unpaired) electrons. The second-order valence-electron chi connectivity index (χ2n) is 5.15. The van der Waals surface area contributed by atoms with E-state index >= 15 is 0 Å². The molecule has 0 heterocycles. The summed E-state index contributed by atoms with van der Waals surface area (Å²) in [5.74, 6) is 1.88. The van der Waals surface area contributed by atoms with Crippen LogP contribution in [0.4, 0.5) is 0 Å². The van der Waals surface area contributed by atoms with Crippen LogP contribution in [0.15, 0.2) is 0 Å². The lowest BCUT2D eigenvalue weighted by Crippen LogP contribution is -2.26. The van der Waals surface area contributed by atoms with Gasteiger partial charge < -0.3 is 5.32 Å². The Morgan fingerprint density at radius 2 is 1.31 bits per heavy atom. The average Bonchev–Trinajstić information content (AvgIpc) is 2.29. The third-order valence-electron chi connectivity index (χ3n) is 3.65. The number of nitrogens with one attached hydrogen (secondary N) is 1. The number of rotatable bonds is 11. The Balaban J connectivity index is 4.15. The zero-order valence-electron chi connectivity index (χ0n) is 12.0. The van der Waals surface area contributed by atoms with E-state index in [-0.39, 0.29) is 0 Å². The monoisotopic (exact) mass is 227 g/mol. The second-order valence-corrected chi connectivity index (χ2v) is 5.15. The molecule has 1 unspecified atom stereocenters. The molecule has 1 nitrogen and oxygen atoms in total. The van der Waals surface area contributed by atoms with Crippen LogP contribution in [0.2, 0.25) is 0 Å². The van der Waals surface area contributed by atoms with Crippen molar-refractivity contribution in [1.82, 2.24) is 5.32 Å². The van der Waals surface area contributed by atoms with E-state index in [4.69, 9.17) is 0 Å². The minimum absolute atomic E-state index is 0.910. The summed E-state index contributed by atoms with van der Waals surface area (Å²) in [5, 5.41) is 3.39. The van der Waals surface area contributed by atoms with Gasteiger partial charge in [-0.3, -0.25) is 0 Å². The summed E-state index contributed by atoms with van der Waals surface area (Å²) in [6, 6.07) is 0. The molecule has 0 aromatic carbocycles. The summed E-state index contributed by atoms with van der Waals surface area (Å²) in [6.07, 6.45) is 11.2. The third kappa shape index (κ3) is 7.27. The van der Waals surface area contributed by atoms with Gasteiger partial charge in [0.2, 0.25) is 0 Å². The van der Waals surface area contributed by atoms with Crippen molar-refractivity contribution < 1.29 is 0 Å². The largest absolute Gasteiger partial charge is 0.319 e. The van der Waals surface area contributed by atoms with Crippen LogP contribution in [0, 0.1) is 11.8 Å². The number of hydrogen-bond acceptors (Lipinski definition) is 1. The Hall–Kier alpha value is -0.0400. The Kier molecular flexibility index (Phi) is 11.4. The van der Waals surface area contributed by atoms with Crippen molar-refractivity contribution in [2.45, 2.75) is 72.1 Å². The first-order chi connectivity index (χ1) is 7.79. The fourth-order valence-corrected chi connectivity index (χ4v) is 2.69. The topological polar surface area (TPSA) is 12.0 Å². The van der Waals surface area contributed by atoms with Crippen LogP contribution in [0.3, 0.4) is 0 Å². The van der Waals surface area contributed by atoms with E-state index in [0.29, 0.717) is 0 Å². The molecule has 0 bridgehead atoms. The Labute approximate surface area is 103 Å². The van der Waals surface area contributed by atoms with Gasteiger partial charge in [0.25, 0.3) is 0 Å². The molecule has 1 heteroatoms. The van der Waals surface area contributed by atoms with Gasteiger partial charge in [0, 0.05) is 0 Å². The van der Waals surface area contributed by atoms with Crippen molar-refractivity contribution in [2.75, 3.05) is 13.6 Å². The highest BCUT2D eigenvalue weighted by Gasteiger charge is 2.19. The molecule has 0 saturated heterocycles. The summed E-state index contributed by atoms with van der Waals surface area (Å²) < 4.78 is 0. The highest BCUT2D eigenvalue weighted by Crippen LogP contribution is 2.27. The van der Waals surface area contributed by atoms with Crippen molar-refractivity contribution >= 4 is 0 Å². The van der Waals surface area contributed by atoms with Gasteiger partial charge in [-0.15, -0.1) is 0 Å². The summed E-state index contributed by atoms with van der Waals surface area (Å²) in [5.41, 5.74) is 0. The van der Waals surface area contributed by atoms with Gasteiger partial charge in [0.05, 0.1) is 0 Å². The quantitative estimate of drug-likeness (QED) is 0.543. The van der Waals surface area contributed by atoms with Crippen LogP contribution in [-0.4, -0.2) is 13.6 Å². The van der Waals surface area contributed by atoms with E-state index in [1.165, 1.54) is 57.9 Å². The third-order valence-corrected chi connectivity index (χ3v) is 3.65. The number of unbranched alkanes of at least 4 members (excludes halogenated alkanes) is 2. The highest BCUT2D eigenvalue weighted by atomic mass is 14.8. The Morgan fingerprint density at radius 3 is 1.69 bits per heavy atom. The SMILES string of the molecule is CCCCC(CCCC)C(CCC)CNC. The molecular formula is C15H33N. The molecule has 98 valence electrons. The molecule has 0 spiro atoms. The standard InChI is InChI=1S/C15H33N/c1-5-8-11-14(12-9-6-2)15(10-7-3)13-16-4/h14-16H,5-13H2,1-4H3. The lowest BCUT2D eigenvalue weighted by molar-refractivity contribution is 0.260. The first-order valence-electron chi connectivity index (χ1n) is 7.44. The van der Waals surface area contributed by atoms with E-state index < -0.39 is 0 Å². The van der Waals surface area contributed by atoms with Gasteiger partial charge in [-0.25, -0.2) is 0 Å². The fourth-order valence-electron chi connectivity index (χ4n) is 2.69. The molecule has 0 aliphatic heterocycles. The first-order valence-corrected chi connectivity index (χ1v) is 7.44. The van der Waals surface area contributed by atoms with E-state index in [1.54, 1.807) is 0 Å². The molecule has 0 rings (SSSR count). The molecule has 16 heavy (non-hydrogen) atoms. The summed E-state index contributed by atoms with van der Waals surface area (Å²) in [7, 11) is 2.10. The lowest BCUT2D eigenvalue weighted by atomic mass is 9.81. The molecule has 0 aliphatic rings. The lowest BCUT2D eigenvalue weighted by Gasteiger charge is -2.27. The molecule has 1 N–H and O–H groups in total. The van der Waals surface area contributed by atoms with Crippen molar-refractivity contribution in [3.05, 3.63) is 0 Å². The van der Waals surface area contributed by atoms with E-state index in [9.17, 15) is 0 Å². The minimum atomic E-state index is 0.910. The Morgan fingerprint density at radius 1 is 0.750 bits per heavy atom. The molecule has 0 saturated carbocycles. The van der Waals surface area contributed by atoms with Crippen LogP contribution < -0.4 is 5.32 Å². The normalized spacial score (nSPS) is 13.3. The molecule has 0 aliphatic carbocycles. The van der Waals surface area contributed by atoms with Gasteiger partial charge in [-0.2, -0.15) is 0 Å². The first kappa shape index (κ1) is 16.0. The zero-order chi connectivity index (χ0) is 12.2. The van der Waals surface area contributed by atoms with Crippen LogP contribution >= 0.6 is 0 Å². The summed E-state index contributed by atoms with van der Waals surface area (Å²) >= 11 is 0. The Bertz CT molecular complexity index is 119. The maximum atomic E-state index is 3.39. The average molecular weight is 227 g/mol.